The number of nitrogens with one attached hydrogen (secondary N) is 1. The minimum atomic E-state index is -5.08. The summed E-state index contributed by atoms with van der Waals surface area (Å²) in [7, 11) is 0. The number of esters is 1. The fourth-order valence-corrected chi connectivity index (χ4v) is 2.41. The predicted octanol–water partition coefficient (Wildman–Crippen LogP) is 2.99. The molecule has 9 heteroatoms. The van der Waals surface area contributed by atoms with E-state index in [0.717, 1.165) is 0 Å². The van der Waals surface area contributed by atoms with E-state index in [1.54, 1.807) is 25.2 Å². The van der Waals surface area contributed by atoms with Gasteiger partial charge in [-0.05, 0) is 26.3 Å². The number of ether oxygens (including phenoxy) is 1. The SMILES string of the molecule is Cc1c(C(=O)OC(C)C)sc(NC(=O)C(F)(F)F)c1C#N. The van der Waals surface area contributed by atoms with Gasteiger partial charge in [-0.3, -0.25) is 4.79 Å². The monoisotopic (exact) mass is 320 g/mol. The molecule has 5 nitrogen and oxygen atoms in total. The van der Waals surface area contributed by atoms with Gasteiger partial charge in [-0.25, -0.2) is 4.79 Å². The summed E-state index contributed by atoms with van der Waals surface area (Å²) < 4.78 is 41.6. The lowest BCUT2D eigenvalue weighted by Crippen LogP contribution is -2.29. The highest BCUT2D eigenvalue weighted by molar-refractivity contribution is 7.18. The van der Waals surface area contributed by atoms with Gasteiger partial charge in [-0.2, -0.15) is 18.4 Å². The van der Waals surface area contributed by atoms with Crippen LogP contribution >= 0.6 is 11.3 Å². The Morgan fingerprint density at radius 3 is 2.38 bits per heavy atom. The Kier molecular flexibility index (Phi) is 4.96. The van der Waals surface area contributed by atoms with Crippen LogP contribution < -0.4 is 5.32 Å². The topological polar surface area (TPSA) is 79.2 Å². The zero-order valence-electron chi connectivity index (χ0n) is 11.3. The van der Waals surface area contributed by atoms with Gasteiger partial charge in [0.15, 0.2) is 0 Å². The lowest BCUT2D eigenvalue weighted by atomic mass is 10.2. The van der Waals surface area contributed by atoms with E-state index in [0.29, 0.717) is 11.3 Å². The molecule has 1 heterocycles. The Morgan fingerprint density at radius 1 is 1.38 bits per heavy atom. The number of hydrogen-bond acceptors (Lipinski definition) is 5. The highest BCUT2D eigenvalue weighted by Gasteiger charge is 2.39. The first-order valence-electron chi connectivity index (χ1n) is 5.70. The molecule has 0 radical (unpaired) electrons. The van der Waals surface area contributed by atoms with Crippen LogP contribution in [0.5, 0.6) is 0 Å². The number of carbonyl (C=O) groups is 2. The van der Waals surface area contributed by atoms with Crippen LogP contribution in [0.1, 0.15) is 34.6 Å². The second-order valence-corrected chi connectivity index (χ2v) is 5.30. The maximum atomic E-state index is 12.2. The fourth-order valence-electron chi connectivity index (χ4n) is 1.37. The summed E-state index contributed by atoms with van der Waals surface area (Å²) in [5, 5.41) is 10.2. The molecule has 0 atom stereocenters. The molecular weight excluding hydrogens is 309 g/mol. The fraction of sp³-hybridized carbons (Fsp3) is 0.417. The number of thiophene rings is 1. The molecule has 1 N–H and O–H groups in total. The summed E-state index contributed by atoms with van der Waals surface area (Å²) in [6.07, 6.45) is -5.50. The van der Waals surface area contributed by atoms with Crippen LogP contribution in [0.15, 0.2) is 0 Å². The van der Waals surface area contributed by atoms with Gasteiger partial charge in [0.2, 0.25) is 0 Å². The largest absolute Gasteiger partial charge is 0.471 e. The lowest BCUT2D eigenvalue weighted by molar-refractivity contribution is -0.167. The van der Waals surface area contributed by atoms with E-state index in [1.807, 2.05) is 0 Å². The van der Waals surface area contributed by atoms with E-state index >= 15 is 0 Å². The third kappa shape index (κ3) is 3.95. The van der Waals surface area contributed by atoms with Gasteiger partial charge >= 0.3 is 18.1 Å². The number of anilines is 1. The molecule has 1 aromatic heterocycles. The van der Waals surface area contributed by atoms with Crippen molar-refractivity contribution in [3.05, 3.63) is 16.0 Å². The lowest BCUT2D eigenvalue weighted by Gasteiger charge is -2.06. The first kappa shape index (κ1) is 17.0. The van der Waals surface area contributed by atoms with E-state index < -0.39 is 24.2 Å². The Balaban J connectivity index is 3.16. The normalized spacial score (nSPS) is 11.1. The van der Waals surface area contributed by atoms with E-state index in [2.05, 4.69) is 0 Å². The number of alkyl halides is 3. The van der Waals surface area contributed by atoms with Gasteiger partial charge in [-0.15, -0.1) is 11.3 Å². The van der Waals surface area contributed by atoms with Gasteiger partial charge in [0.25, 0.3) is 0 Å². The first-order valence-corrected chi connectivity index (χ1v) is 6.52. The summed E-state index contributed by atoms with van der Waals surface area (Å²) in [4.78, 5) is 22.7. The van der Waals surface area contributed by atoms with Gasteiger partial charge in [-0.1, -0.05) is 0 Å². The van der Waals surface area contributed by atoms with E-state index in [4.69, 9.17) is 10.00 Å². The highest BCUT2D eigenvalue weighted by Crippen LogP contribution is 2.34. The Morgan fingerprint density at radius 2 is 1.95 bits per heavy atom. The molecular formula is C12H11F3N2O3S. The average Bonchev–Trinajstić information content (AvgIpc) is 2.63. The molecule has 0 spiro atoms. The standard InChI is InChI=1S/C12H11F3N2O3S/c1-5(2)20-10(18)8-6(3)7(4-16)9(21-8)17-11(19)12(13,14)15/h5H,1-3H3,(H,17,19). The molecule has 0 aromatic carbocycles. The van der Waals surface area contributed by atoms with Crippen molar-refractivity contribution >= 4 is 28.2 Å². The van der Waals surface area contributed by atoms with Gasteiger partial charge < -0.3 is 10.1 Å². The molecule has 0 bridgehead atoms. The Hall–Kier alpha value is -2.08. The summed E-state index contributed by atoms with van der Waals surface area (Å²) in [5.74, 6) is -2.96. The molecule has 1 aromatic rings. The van der Waals surface area contributed by atoms with E-state index in [-0.39, 0.29) is 21.0 Å². The summed E-state index contributed by atoms with van der Waals surface area (Å²) >= 11 is 0.576. The van der Waals surface area contributed by atoms with Gasteiger partial charge in [0, 0.05) is 0 Å². The molecule has 114 valence electrons. The average molecular weight is 320 g/mol. The van der Waals surface area contributed by atoms with Crippen LogP contribution in [-0.2, 0) is 9.53 Å². The Bertz CT molecular complexity index is 614. The smallest absolute Gasteiger partial charge is 0.459 e. The molecule has 0 aliphatic rings. The number of amides is 1. The zero-order chi connectivity index (χ0) is 16.4. The summed E-state index contributed by atoms with van der Waals surface area (Å²) in [6, 6.07) is 1.67. The quantitative estimate of drug-likeness (QED) is 0.868. The van der Waals surface area contributed by atoms with Crippen LogP contribution in [0, 0.1) is 18.3 Å². The van der Waals surface area contributed by atoms with Crippen molar-refractivity contribution in [2.24, 2.45) is 0 Å². The molecule has 0 aliphatic heterocycles. The number of carbonyl (C=O) groups excluding carboxylic acids is 2. The molecule has 0 unspecified atom stereocenters. The highest BCUT2D eigenvalue weighted by atomic mass is 32.1. The number of hydrogen-bond donors (Lipinski definition) is 1. The zero-order valence-corrected chi connectivity index (χ0v) is 12.1. The number of rotatable bonds is 3. The van der Waals surface area contributed by atoms with Crippen molar-refractivity contribution in [2.45, 2.75) is 33.1 Å². The van der Waals surface area contributed by atoms with E-state index in [9.17, 15) is 22.8 Å². The second-order valence-electron chi connectivity index (χ2n) is 4.28. The minimum absolute atomic E-state index is 0.0160. The van der Waals surface area contributed by atoms with E-state index in [1.165, 1.54) is 6.92 Å². The molecule has 21 heavy (non-hydrogen) atoms. The molecule has 1 rings (SSSR count). The second kappa shape index (κ2) is 6.13. The van der Waals surface area contributed by atoms with Gasteiger partial charge in [0.1, 0.15) is 15.9 Å². The predicted molar refractivity (Wildman–Crippen MR) is 69.0 cm³/mol. The molecule has 0 saturated heterocycles. The van der Waals surface area contributed by atoms with Gasteiger partial charge in [0.05, 0.1) is 11.7 Å². The van der Waals surface area contributed by atoms with Crippen molar-refractivity contribution in [1.29, 1.82) is 5.26 Å². The summed E-state index contributed by atoms with van der Waals surface area (Å²) in [6.45, 7) is 4.62. The van der Waals surface area contributed by atoms with Crippen LogP contribution in [-0.4, -0.2) is 24.2 Å². The van der Waals surface area contributed by atoms with Crippen molar-refractivity contribution < 1.29 is 27.5 Å². The number of nitriles is 1. The molecule has 0 fully saturated rings. The maximum Gasteiger partial charge on any atom is 0.471 e. The molecule has 0 saturated carbocycles. The Labute approximate surface area is 122 Å². The number of halogens is 3. The van der Waals surface area contributed by atoms with Crippen LogP contribution in [0.2, 0.25) is 0 Å². The third-order valence-corrected chi connectivity index (χ3v) is 3.46. The minimum Gasteiger partial charge on any atom is -0.459 e. The number of nitrogens with zero attached hydrogens (tertiary/aromatic N) is 1. The van der Waals surface area contributed by atoms with Crippen molar-refractivity contribution in [2.75, 3.05) is 5.32 Å². The van der Waals surface area contributed by atoms with Crippen LogP contribution in [0.25, 0.3) is 0 Å². The van der Waals surface area contributed by atoms with Crippen molar-refractivity contribution in [3.8, 4) is 6.07 Å². The van der Waals surface area contributed by atoms with Crippen LogP contribution in [0.4, 0.5) is 18.2 Å². The maximum absolute atomic E-state index is 12.2. The van der Waals surface area contributed by atoms with Crippen molar-refractivity contribution in [1.82, 2.24) is 0 Å². The first-order chi connectivity index (χ1) is 9.57. The van der Waals surface area contributed by atoms with Crippen LogP contribution in [0.3, 0.4) is 0 Å². The summed E-state index contributed by atoms with van der Waals surface area (Å²) in [5.41, 5.74) is -0.0149. The third-order valence-electron chi connectivity index (χ3n) is 2.27. The molecule has 1 amide bonds. The van der Waals surface area contributed by atoms with Crippen molar-refractivity contribution in [3.63, 3.8) is 0 Å². The molecule has 0 aliphatic carbocycles.